The number of carboxylic acid groups (broad SMARTS) is 1. The van der Waals surface area contributed by atoms with Crippen molar-refractivity contribution in [1.82, 2.24) is 4.72 Å². The van der Waals surface area contributed by atoms with E-state index in [0.717, 1.165) is 18.4 Å². The van der Waals surface area contributed by atoms with Crippen LogP contribution in [0.15, 0.2) is 29.2 Å². The highest BCUT2D eigenvalue weighted by Gasteiger charge is 2.27. The van der Waals surface area contributed by atoms with Crippen LogP contribution in [0.1, 0.15) is 44.6 Å². The molecule has 0 radical (unpaired) electrons. The van der Waals surface area contributed by atoms with Crippen molar-refractivity contribution in [3.63, 3.8) is 0 Å². The van der Waals surface area contributed by atoms with Crippen LogP contribution in [-0.2, 0) is 14.8 Å². The summed E-state index contributed by atoms with van der Waals surface area (Å²) in [6.45, 7) is 3.71. The van der Waals surface area contributed by atoms with E-state index in [2.05, 4.69) is 4.72 Å². The first kappa shape index (κ1) is 16.0. The molecule has 1 aromatic rings. The minimum absolute atomic E-state index is 0.0889. The van der Waals surface area contributed by atoms with Gasteiger partial charge in [0, 0.05) is 0 Å². The van der Waals surface area contributed by atoms with Crippen molar-refractivity contribution >= 4 is 16.0 Å². The van der Waals surface area contributed by atoms with Crippen molar-refractivity contribution in [3.05, 3.63) is 29.8 Å². The van der Waals surface area contributed by atoms with Crippen LogP contribution in [0.5, 0.6) is 0 Å². The molecular formula is C15H21NO4S. The van der Waals surface area contributed by atoms with Crippen LogP contribution >= 0.6 is 0 Å². The molecule has 116 valence electrons. The fourth-order valence-corrected chi connectivity index (χ4v) is 3.46. The van der Waals surface area contributed by atoms with Crippen LogP contribution in [-0.4, -0.2) is 25.5 Å². The van der Waals surface area contributed by atoms with Crippen LogP contribution in [0.2, 0.25) is 0 Å². The summed E-state index contributed by atoms with van der Waals surface area (Å²) in [4.78, 5) is 11.3. The molecule has 1 atom stereocenters. The second kappa shape index (κ2) is 6.15. The first-order chi connectivity index (χ1) is 9.79. The highest BCUT2D eigenvalue weighted by atomic mass is 32.2. The highest BCUT2D eigenvalue weighted by molar-refractivity contribution is 7.89. The lowest BCUT2D eigenvalue weighted by Crippen LogP contribution is -2.41. The summed E-state index contributed by atoms with van der Waals surface area (Å²) in [7, 11) is -3.80. The van der Waals surface area contributed by atoms with Gasteiger partial charge >= 0.3 is 5.97 Å². The fourth-order valence-electron chi connectivity index (χ4n) is 2.26. The molecule has 21 heavy (non-hydrogen) atoms. The molecule has 2 N–H and O–H groups in total. The largest absolute Gasteiger partial charge is 0.480 e. The summed E-state index contributed by atoms with van der Waals surface area (Å²) in [5, 5.41) is 9.13. The zero-order chi connectivity index (χ0) is 15.6. The summed E-state index contributed by atoms with van der Waals surface area (Å²) >= 11 is 0. The number of benzene rings is 1. The van der Waals surface area contributed by atoms with Gasteiger partial charge in [0.05, 0.1) is 4.90 Å². The van der Waals surface area contributed by atoms with E-state index in [1.54, 1.807) is 12.1 Å². The van der Waals surface area contributed by atoms with Crippen molar-refractivity contribution in [3.8, 4) is 0 Å². The number of nitrogens with one attached hydrogen (secondary N) is 1. The maximum atomic E-state index is 12.3. The van der Waals surface area contributed by atoms with Gasteiger partial charge in [-0.3, -0.25) is 4.79 Å². The minimum atomic E-state index is -3.80. The smallest absolute Gasteiger partial charge is 0.321 e. The maximum absolute atomic E-state index is 12.3. The van der Waals surface area contributed by atoms with E-state index >= 15 is 0 Å². The van der Waals surface area contributed by atoms with Gasteiger partial charge in [0.15, 0.2) is 0 Å². The van der Waals surface area contributed by atoms with E-state index in [1.807, 2.05) is 26.0 Å². The molecule has 1 fully saturated rings. The topological polar surface area (TPSA) is 83.5 Å². The Morgan fingerprint density at radius 1 is 1.29 bits per heavy atom. The molecule has 2 rings (SSSR count). The molecule has 1 saturated carbocycles. The van der Waals surface area contributed by atoms with Gasteiger partial charge in [-0.2, -0.15) is 4.72 Å². The lowest BCUT2D eigenvalue weighted by Gasteiger charge is -2.16. The van der Waals surface area contributed by atoms with Crippen LogP contribution < -0.4 is 4.72 Å². The molecule has 1 aliphatic rings. The maximum Gasteiger partial charge on any atom is 0.321 e. The molecule has 0 bridgehead atoms. The number of rotatable bonds is 7. The Labute approximate surface area is 125 Å². The Balaban J connectivity index is 2.13. The van der Waals surface area contributed by atoms with E-state index in [4.69, 9.17) is 5.11 Å². The van der Waals surface area contributed by atoms with Gasteiger partial charge in [-0.1, -0.05) is 26.0 Å². The third-order valence-electron chi connectivity index (χ3n) is 3.54. The number of hydrogen-bond acceptors (Lipinski definition) is 3. The van der Waals surface area contributed by atoms with Crippen LogP contribution in [0.4, 0.5) is 0 Å². The molecule has 5 nitrogen and oxygen atoms in total. The van der Waals surface area contributed by atoms with Crippen molar-refractivity contribution in [1.29, 1.82) is 0 Å². The van der Waals surface area contributed by atoms with Gasteiger partial charge in [0.1, 0.15) is 6.04 Å². The molecular weight excluding hydrogens is 290 g/mol. The van der Waals surface area contributed by atoms with Crippen LogP contribution in [0.3, 0.4) is 0 Å². The van der Waals surface area contributed by atoms with Gasteiger partial charge in [-0.15, -0.1) is 0 Å². The van der Waals surface area contributed by atoms with Crippen LogP contribution in [0, 0.1) is 5.92 Å². The average Bonchev–Trinajstić information content (AvgIpc) is 3.21. The first-order valence-electron chi connectivity index (χ1n) is 7.14. The molecule has 0 aromatic heterocycles. The lowest BCUT2D eigenvalue weighted by atomic mass is 10.1. The first-order valence-corrected chi connectivity index (χ1v) is 8.63. The Morgan fingerprint density at radius 3 is 2.29 bits per heavy atom. The Morgan fingerprint density at radius 2 is 1.86 bits per heavy atom. The number of carbonyl (C=O) groups is 1. The second-order valence-corrected chi connectivity index (χ2v) is 7.70. The zero-order valence-electron chi connectivity index (χ0n) is 12.2. The van der Waals surface area contributed by atoms with E-state index in [9.17, 15) is 13.2 Å². The summed E-state index contributed by atoms with van der Waals surface area (Å²) in [5.41, 5.74) is 1.14. The summed E-state index contributed by atoms with van der Waals surface area (Å²) < 4.78 is 26.8. The summed E-state index contributed by atoms with van der Waals surface area (Å²) in [6, 6.07) is 5.61. The molecule has 0 spiro atoms. The number of carboxylic acids is 1. The molecule has 0 aliphatic heterocycles. The monoisotopic (exact) mass is 311 g/mol. The molecule has 0 amide bonds. The summed E-state index contributed by atoms with van der Waals surface area (Å²) in [6.07, 6.45) is 2.56. The standard InChI is InChI=1S/C15H21NO4S/c1-10(2)9-14(15(17)18)16-21(19,20)13-7-5-12(6-8-13)11-3-4-11/h5-8,10-11,14,16H,3-4,9H2,1-2H3,(H,17,18)/t14-/m1/s1. The number of aliphatic carboxylic acids is 1. The SMILES string of the molecule is CC(C)C[C@@H](NS(=O)(=O)c1ccc(C2CC2)cc1)C(=O)O. The summed E-state index contributed by atoms with van der Waals surface area (Å²) in [5.74, 6) is -0.504. The molecule has 0 saturated heterocycles. The third kappa shape index (κ3) is 4.28. The van der Waals surface area contributed by atoms with Crippen molar-refractivity contribution in [2.24, 2.45) is 5.92 Å². The predicted octanol–water partition coefficient (Wildman–Crippen LogP) is 2.34. The van der Waals surface area contributed by atoms with Gasteiger partial charge in [-0.25, -0.2) is 8.42 Å². The minimum Gasteiger partial charge on any atom is -0.480 e. The van der Waals surface area contributed by atoms with Gasteiger partial charge in [0.25, 0.3) is 0 Å². The van der Waals surface area contributed by atoms with E-state index in [0.29, 0.717) is 5.92 Å². The molecule has 1 aromatic carbocycles. The number of sulfonamides is 1. The molecule has 1 aliphatic carbocycles. The van der Waals surface area contributed by atoms with E-state index in [-0.39, 0.29) is 17.2 Å². The van der Waals surface area contributed by atoms with Crippen molar-refractivity contribution in [2.75, 3.05) is 0 Å². The highest BCUT2D eigenvalue weighted by Crippen LogP contribution is 2.40. The lowest BCUT2D eigenvalue weighted by molar-refractivity contribution is -0.139. The second-order valence-electron chi connectivity index (χ2n) is 5.98. The Bertz CT molecular complexity index is 603. The van der Waals surface area contributed by atoms with Crippen LogP contribution in [0.25, 0.3) is 0 Å². The van der Waals surface area contributed by atoms with Crippen molar-refractivity contribution in [2.45, 2.75) is 50.0 Å². The van der Waals surface area contributed by atoms with Gasteiger partial charge in [0.2, 0.25) is 10.0 Å². The fraction of sp³-hybridized carbons (Fsp3) is 0.533. The molecule has 0 heterocycles. The van der Waals surface area contributed by atoms with E-state index < -0.39 is 22.0 Å². The van der Waals surface area contributed by atoms with Crippen molar-refractivity contribution < 1.29 is 18.3 Å². The molecule has 0 unspecified atom stereocenters. The predicted molar refractivity (Wildman–Crippen MR) is 79.6 cm³/mol. The van der Waals surface area contributed by atoms with Gasteiger partial charge in [-0.05, 0) is 48.8 Å². The Kier molecular flexibility index (Phi) is 4.68. The van der Waals surface area contributed by atoms with Gasteiger partial charge < -0.3 is 5.11 Å². The van der Waals surface area contributed by atoms with E-state index in [1.165, 1.54) is 0 Å². The average molecular weight is 311 g/mol. The number of hydrogen-bond donors (Lipinski definition) is 2. The Hall–Kier alpha value is -1.40. The normalized spacial score (nSPS) is 16.9. The molecule has 6 heteroatoms. The quantitative estimate of drug-likeness (QED) is 0.809. The third-order valence-corrected chi connectivity index (χ3v) is 5.03. The zero-order valence-corrected chi connectivity index (χ0v) is 13.1.